The van der Waals surface area contributed by atoms with E-state index in [1.54, 1.807) is 6.20 Å². The minimum absolute atomic E-state index is 0.00752. The maximum Gasteiger partial charge on any atom is 0.222 e. The third-order valence-electron chi connectivity index (χ3n) is 4.22. The van der Waals surface area contributed by atoms with E-state index < -0.39 is 10.0 Å². The molecule has 1 fully saturated rings. The summed E-state index contributed by atoms with van der Waals surface area (Å²) in [6.07, 6.45) is 5.22. The van der Waals surface area contributed by atoms with Crippen LogP contribution in [0.3, 0.4) is 0 Å². The number of fused-ring (bicyclic) bond motifs is 1. The van der Waals surface area contributed by atoms with Gasteiger partial charge in [-0.15, -0.1) is 0 Å². The molecule has 0 saturated carbocycles. The molecule has 0 unspecified atom stereocenters. The maximum atomic E-state index is 11.8. The molecule has 1 amide bonds. The van der Waals surface area contributed by atoms with Crippen molar-refractivity contribution in [2.75, 3.05) is 25.9 Å². The Morgan fingerprint density at radius 1 is 1.43 bits per heavy atom. The summed E-state index contributed by atoms with van der Waals surface area (Å²) >= 11 is 0. The van der Waals surface area contributed by atoms with Gasteiger partial charge >= 0.3 is 0 Å². The molecule has 1 aromatic heterocycles. The van der Waals surface area contributed by atoms with E-state index >= 15 is 0 Å². The molecule has 0 aromatic carbocycles. The summed E-state index contributed by atoms with van der Waals surface area (Å²) in [6, 6.07) is 1.85. The fourth-order valence-electron chi connectivity index (χ4n) is 3.06. The average molecular weight is 312 g/mol. The highest BCUT2D eigenvalue weighted by Crippen LogP contribution is 2.25. The van der Waals surface area contributed by atoms with Crippen molar-refractivity contribution in [3.05, 3.63) is 18.0 Å². The monoisotopic (exact) mass is 312 g/mol. The van der Waals surface area contributed by atoms with E-state index in [0.29, 0.717) is 26.1 Å². The number of aromatic nitrogens is 2. The lowest BCUT2D eigenvalue weighted by Gasteiger charge is -2.33. The average Bonchev–Trinajstić information content (AvgIpc) is 3.03. The summed E-state index contributed by atoms with van der Waals surface area (Å²) in [5.74, 6) is 0.200. The van der Waals surface area contributed by atoms with E-state index in [4.69, 9.17) is 0 Å². The maximum absolute atomic E-state index is 11.8. The van der Waals surface area contributed by atoms with Crippen molar-refractivity contribution < 1.29 is 13.2 Å². The molecule has 0 N–H and O–H groups in total. The fourth-order valence-corrected chi connectivity index (χ4v) is 3.87. The number of hydrogen-bond acceptors (Lipinski definition) is 4. The van der Waals surface area contributed by atoms with Gasteiger partial charge in [0.2, 0.25) is 15.9 Å². The molecule has 2 aliphatic heterocycles. The van der Waals surface area contributed by atoms with Crippen LogP contribution < -0.4 is 0 Å². The second-order valence-electron chi connectivity index (χ2n) is 5.75. The van der Waals surface area contributed by atoms with E-state index in [1.807, 2.05) is 15.6 Å². The van der Waals surface area contributed by atoms with Gasteiger partial charge in [-0.1, -0.05) is 0 Å². The van der Waals surface area contributed by atoms with Crippen LogP contribution in [0.1, 0.15) is 31.0 Å². The molecule has 2 aliphatic rings. The Bertz CT molecular complexity index is 640. The molecular weight excluding hydrogens is 292 g/mol. The fraction of sp³-hybridized carbons (Fsp3) is 0.692. The summed E-state index contributed by atoms with van der Waals surface area (Å²) in [7, 11) is -3.22. The minimum Gasteiger partial charge on any atom is -0.343 e. The molecule has 116 valence electrons. The van der Waals surface area contributed by atoms with Gasteiger partial charge in [0.05, 0.1) is 24.5 Å². The first kappa shape index (κ1) is 14.5. The van der Waals surface area contributed by atoms with Crippen molar-refractivity contribution in [3.63, 3.8) is 0 Å². The Hall–Kier alpha value is -1.41. The highest BCUT2D eigenvalue weighted by Gasteiger charge is 2.31. The Labute approximate surface area is 124 Å². The van der Waals surface area contributed by atoms with Crippen LogP contribution in [0.2, 0.25) is 0 Å². The van der Waals surface area contributed by atoms with E-state index in [2.05, 4.69) is 5.10 Å². The summed E-state index contributed by atoms with van der Waals surface area (Å²) in [5.41, 5.74) is 0.907. The zero-order valence-corrected chi connectivity index (χ0v) is 12.9. The molecule has 3 heterocycles. The van der Waals surface area contributed by atoms with Crippen LogP contribution in [0, 0.1) is 0 Å². The van der Waals surface area contributed by atoms with Crippen LogP contribution in [0.15, 0.2) is 12.3 Å². The van der Waals surface area contributed by atoms with E-state index in [-0.39, 0.29) is 11.9 Å². The van der Waals surface area contributed by atoms with Gasteiger partial charge in [-0.05, 0) is 18.9 Å². The van der Waals surface area contributed by atoms with Gasteiger partial charge in [0, 0.05) is 32.3 Å². The molecule has 0 radical (unpaired) electrons. The second-order valence-corrected chi connectivity index (χ2v) is 7.73. The lowest BCUT2D eigenvalue weighted by atomic mass is 10.1. The van der Waals surface area contributed by atoms with Crippen molar-refractivity contribution in [1.82, 2.24) is 19.0 Å². The van der Waals surface area contributed by atoms with Crippen LogP contribution in [-0.2, 0) is 21.4 Å². The largest absolute Gasteiger partial charge is 0.343 e. The second kappa shape index (κ2) is 5.42. The smallest absolute Gasteiger partial charge is 0.222 e. The number of hydrogen-bond donors (Lipinski definition) is 0. The topological polar surface area (TPSA) is 75.5 Å². The zero-order valence-electron chi connectivity index (χ0n) is 12.1. The normalized spacial score (nSPS) is 23.6. The van der Waals surface area contributed by atoms with Crippen LogP contribution in [0.4, 0.5) is 0 Å². The predicted molar refractivity (Wildman–Crippen MR) is 76.9 cm³/mol. The third kappa shape index (κ3) is 2.96. The Morgan fingerprint density at radius 3 is 2.90 bits per heavy atom. The number of sulfonamides is 1. The predicted octanol–water partition coefficient (Wildman–Crippen LogP) is 0.212. The lowest BCUT2D eigenvalue weighted by Crippen LogP contribution is -2.42. The van der Waals surface area contributed by atoms with Crippen molar-refractivity contribution in [2.24, 2.45) is 0 Å². The molecule has 3 rings (SSSR count). The molecule has 1 atom stereocenters. The SMILES string of the molecule is CS(=O)(=O)N1Cc2ccnn2[C@@H](CCN2CCCC2=O)C1. The minimum atomic E-state index is -3.22. The number of nitrogens with zero attached hydrogens (tertiary/aromatic N) is 4. The van der Waals surface area contributed by atoms with Crippen molar-refractivity contribution in [1.29, 1.82) is 0 Å². The third-order valence-corrected chi connectivity index (χ3v) is 5.44. The first-order valence-electron chi connectivity index (χ1n) is 7.20. The van der Waals surface area contributed by atoms with Gasteiger partial charge < -0.3 is 4.90 Å². The zero-order chi connectivity index (χ0) is 15.0. The van der Waals surface area contributed by atoms with Gasteiger partial charge in [-0.25, -0.2) is 8.42 Å². The molecule has 0 bridgehead atoms. The van der Waals surface area contributed by atoms with E-state index in [9.17, 15) is 13.2 Å². The highest BCUT2D eigenvalue weighted by atomic mass is 32.2. The van der Waals surface area contributed by atoms with Crippen LogP contribution in [-0.4, -0.2) is 59.2 Å². The van der Waals surface area contributed by atoms with Crippen LogP contribution in [0.25, 0.3) is 0 Å². The molecule has 0 aliphatic carbocycles. The molecule has 8 heteroatoms. The Kier molecular flexibility index (Phi) is 3.75. The molecule has 21 heavy (non-hydrogen) atoms. The summed E-state index contributed by atoms with van der Waals surface area (Å²) in [5, 5.41) is 4.31. The van der Waals surface area contributed by atoms with E-state index in [1.165, 1.54) is 10.6 Å². The first-order valence-corrected chi connectivity index (χ1v) is 9.05. The molecular formula is C13H20N4O3S. The quantitative estimate of drug-likeness (QED) is 0.796. The first-order chi connectivity index (χ1) is 9.95. The molecule has 0 spiro atoms. The number of rotatable bonds is 4. The van der Waals surface area contributed by atoms with Crippen molar-refractivity contribution in [3.8, 4) is 0 Å². The molecule has 7 nitrogen and oxygen atoms in total. The lowest BCUT2D eigenvalue weighted by molar-refractivity contribution is -0.127. The molecule has 1 aromatic rings. The van der Waals surface area contributed by atoms with Crippen molar-refractivity contribution >= 4 is 15.9 Å². The summed E-state index contributed by atoms with van der Waals surface area (Å²) < 4.78 is 27.0. The summed E-state index contributed by atoms with van der Waals surface area (Å²) in [4.78, 5) is 13.5. The van der Waals surface area contributed by atoms with E-state index in [0.717, 1.165) is 25.1 Å². The van der Waals surface area contributed by atoms with Gasteiger partial charge in [-0.3, -0.25) is 9.48 Å². The number of likely N-dealkylation sites (tertiary alicyclic amines) is 1. The highest BCUT2D eigenvalue weighted by molar-refractivity contribution is 7.88. The van der Waals surface area contributed by atoms with Gasteiger partial charge in [-0.2, -0.15) is 9.40 Å². The standard InChI is InChI=1S/C13H20N4O3S/c1-21(19,20)16-9-11-4-6-14-17(11)12(10-16)5-8-15-7-2-3-13(15)18/h4,6,12H,2-3,5,7-10H2,1H3/t12-/m0/s1. The number of carbonyl (C=O) groups excluding carboxylic acids is 1. The number of amides is 1. The van der Waals surface area contributed by atoms with Gasteiger partial charge in [0.1, 0.15) is 0 Å². The molecule has 1 saturated heterocycles. The Balaban J connectivity index is 1.73. The van der Waals surface area contributed by atoms with Gasteiger partial charge in [0.25, 0.3) is 0 Å². The Morgan fingerprint density at radius 2 is 2.24 bits per heavy atom. The number of carbonyl (C=O) groups is 1. The van der Waals surface area contributed by atoms with Crippen LogP contribution in [0.5, 0.6) is 0 Å². The van der Waals surface area contributed by atoms with Crippen molar-refractivity contribution in [2.45, 2.75) is 31.8 Å². The van der Waals surface area contributed by atoms with Crippen LogP contribution >= 0.6 is 0 Å². The summed E-state index contributed by atoms with van der Waals surface area (Å²) in [6.45, 7) is 2.28. The van der Waals surface area contributed by atoms with Gasteiger partial charge in [0.15, 0.2) is 0 Å².